The lowest BCUT2D eigenvalue weighted by Crippen LogP contribution is -2.49. The van der Waals surface area contributed by atoms with Crippen molar-refractivity contribution in [1.29, 1.82) is 0 Å². The van der Waals surface area contributed by atoms with Crippen molar-refractivity contribution in [1.82, 2.24) is 19.8 Å². The minimum atomic E-state index is 0.944. The molecule has 2 aromatic rings. The fourth-order valence-corrected chi connectivity index (χ4v) is 6.17. The van der Waals surface area contributed by atoms with Crippen LogP contribution in [0.4, 0.5) is 5.95 Å². The van der Waals surface area contributed by atoms with Gasteiger partial charge in [-0.2, -0.15) is 0 Å². The second kappa shape index (κ2) is 9.00. The van der Waals surface area contributed by atoms with Gasteiger partial charge in [-0.25, -0.2) is 4.98 Å². The minimum absolute atomic E-state index is 0.944. The lowest BCUT2D eigenvalue weighted by molar-refractivity contribution is 0.176. The SMILES string of the molecule is Brc1c(Br)c(Br)c2[nH]c(N3CCN(CCN4CCCCC4)CC3)nc2c1Br. The molecule has 2 aliphatic rings. The Morgan fingerprint density at radius 2 is 1.30 bits per heavy atom. The largest absolute Gasteiger partial charge is 0.340 e. The van der Waals surface area contributed by atoms with Gasteiger partial charge in [-0.3, -0.25) is 4.90 Å². The summed E-state index contributed by atoms with van der Waals surface area (Å²) in [4.78, 5) is 15.9. The first-order chi connectivity index (χ1) is 13.0. The van der Waals surface area contributed by atoms with Gasteiger partial charge in [0.1, 0.15) is 5.52 Å². The van der Waals surface area contributed by atoms with E-state index in [4.69, 9.17) is 4.98 Å². The molecular weight excluding hydrogens is 606 g/mol. The Labute approximate surface area is 193 Å². The van der Waals surface area contributed by atoms with Gasteiger partial charge < -0.3 is 14.8 Å². The predicted octanol–water partition coefficient (Wildman–Crippen LogP) is 5.22. The number of nitrogens with one attached hydrogen (secondary N) is 1. The van der Waals surface area contributed by atoms with Crippen LogP contribution in [-0.2, 0) is 0 Å². The Balaban J connectivity index is 1.39. The number of fused-ring (bicyclic) bond motifs is 1. The third-order valence-electron chi connectivity index (χ3n) is 5.55. The lowest BCUT2D eigenvalue weighted by Gasteiger charge is -2.36. The van der Waals surface area contributed by atoms with Gasteiger partial charge in [0.25, 0.3) is 0 Å². The van der Waals surface area contributed by atoms with Gasteiger partial charge in [-0.1, -0.05) is 6.42 Å². The van der Waals surface area contributed by atoms with E-state index in [-0.39, 0.29) is 0 Å². The standard InChI is InChI=1S/C18H23Br4N5/c19-12-13(20)15(22)17-16(14(12)21)23-18(24-17)27-10-8-26(9-11-27)7-6-25-4-2-1-3-5-25/h1-11H2,(H,23,24). The summed E-state index contributed by atoms with van der Waals surface area (Å²) in [5.41, 5.74) is 1.96. The van der Waals surface area contributed by atoms with Crippen LogP contribution in [0.1, 0.15) is 19.3 Å². The predicted molar refractivity (Wildman–Crippen MR) is 126 cm³/mol. The van der Waals surface area contributed by atoms with Gasteiger partial charge in [0, 0.05) is 48.2 Å². The fraction of sp³-hybridized carbons (Fsp3) is 0.611. The summed E-state index contributed by atoms with van der Waals surface area (Å²) in [7, 11) is 0. The zero-order valence-corrected chi connectivity index (χ0v) is 21.4. The number of H-pyrrole nitrogens is 1. The molecule has 3 heterocycles. The highest BCUT2D eigenvalue weighted by Gasteiger charge is 2.23. The average Bonchev–Trinajstić information content (AvgIpc) is 3.16. The fourth-order valence-electron chi connectivity index (χ4n) is 3.88. The number of imidazole rings is 1. The van der Waals surface area contributed by atoms with Crippen LogP contribution in [0.25, 0.3) is 11.0 Å². The molecule has 27 heavy (non-hydrogen) atoms. The van der Waals surface area contributed by atoms with Crippen molar-refractivity contribution in [3.63, 3.8) is 0 Å². The molecule has 0 atom stereocenters. The molecule has 5 nitrogen and oxygen atoms in total. The molecule has 0 amide bonds. The number of anilines is 1. The average molecular weight is 629 g/mol. The van der Waals surface area contributed by atoms with E-state index in [9.17, 15) is 0 Å². The number of benzene rings is 1. The maximum atomic E-state index is 4.86. The van der Waals surface area contributed by atoms with E-state index < -0.39 is 0 Å². The monoisotopic (exact) mass is 625 g/mol. The van der Waals surface area contributed by atoms with Crippen LogP contribution in [0, 0.1) is 0 Å². The zero-order valence-electron chi connectivity index (χ0n) is 15.1. The van der Waals surface area contributed by atoms with Gasteiger partial charge >= 0.3 is 0 Å². The van der Waals surface area contributed by atoms with Gasteiger partial charge in [0.2, 0.25) is 5.95 Å². The van der Waals surface area contributed by atoms with Crippen molar-refractivity contribution in [2.75, 3.05) is 57.3 Å². The number of likely N-dealkylation sites (tertiary alicyclic amines) is 1. The molecule has 1 N–H and O–H groups in total. The van der Waals surface area contributed by atoms with Crippen molar-refractivity contribution in [2.45, 2.75) is 19.3 Å². The van der Waals surface area contributed by atoms with Crippen LogP contribution in [0.5, 0.6) is 0 Å². The van der Waals surface area contributed by atoms with Crippen molar-refractivity contribution in [3.05, 3.63) is 17.9 Å². The van der Waals surface area contributed by atoms with Crippen molar-refractivity contribution >= 4 is 80.7 Å². The number of halogens is 4. The van der Waals surface area contributed by atoms with Crippen LogP contribution in [0.2, 0.25) is 0 Å². The molecule has 0 spiro atoms. The first-order valence-electron chi connectivity index (χ1n) is 9.46. The Hall–Kier alpha value is 0.330. The molecule has 0 aliphatic carbocycles. The normalized spacial score (nSPS) is 19.9. The van der Waals surface area contributed by atoms with Gasteiger partial charge in [-0.15, -0.1) is 0 Å². The number of nitrogens with zero attached hydrogens (tertiary/aromatic N) is 4. The number of piperidine rings is 1. The summed E-state index contributed by atoms with van der Waals surface area (Å²) in [6.07, 6.45) is 4.15. The van der Waals surface area contributed by atoms with Crippen LogP contribution < -0.4 is 4.90 Å². The molecule has 0 bridgehead atoms. The molecule has 1 aromatic carbocycles. The summed E-state index contributed by atoms with van der Waals surface area (Å²) in [6.45, 7) is 9.19. The summed E-state index contributed by atoms with van der Waals surface area (Å²) in [6, 6.07) is 0. The molecule has 1 aromatic heterocycles. The molecule has 4 rings (SSSR count). The van der Waals surface area contributed by atoms with Crippen LogP contribution in [0.15, 0.2) is 17.9 Å². The smallest absolute Gasteiger partial charge is 0.203 e. The van der Waals surface area contributed by atoms with Crippen molar-refractivity contribution in [3.8, 4) is 0 Å². The minimum Gasteiger partial charge on any atom is -0.340 e. The molecule has 148 valence electrons. The summed E-state index contributed by atoms with van der Waals surface area (Å²) < 4.78 is 3.92. The second-order valence-corrected chi connectivity index (χ2v) is 10.4. The van der Waals surface area contributed by atoms with E-state index in [0.717, 1.165) is 61.1 Å². The first kappa shape index (κ1) is 20.6. The summed E-state index contributed by atoms with van der Waals surface area (Å²) >= 11 is 14.6. The highest BCUT2D eigenvalue weighted by Crippen LogP contribution is 2.43. The number of rotatable bonds is 4. The zero-order chi connectivity index (χ0) is 19.0. The van der Waals surface area contributed by atoms with E-state index in [1.165, 1.54) is 45.4 Å². The lowest BCUT2D eigenvalue weighted by atomic mass is 10.1. The second-order valence-electron chi connectivity index (χ2n) is 7.27. The maximum absolute atomic E-state index is 4.86. The molecule has 0 unspecified atom stereocenters. The Morgan fingerprint density at radius 3 is 1.96 bits per heavy atom. The summed E-state index contributed by atoms with van der Waals surface area (Å²) in [5, 5.41) is 0. The number of hydrogen-bond donors (Lipinski definition) is 1. The van der Waals surface area contributed by atoms with Gasteiger partial charge in [-0.05, 0) is 89.7 Å². The molecule has 2 fully saturated rings. The number of aromatic nitrogens is 2. The highest BCUT2D eigenvalue weighted by atomic mass is 79.9. The van der Waals surface area contributed by atoms with Crippen molar-refractivity contribution < 1.29 is 0 Å². The van der Waals surface area contributed by atoms with E-state index in [2.05, 4.69) is 83.4 Å². The number of aromatic amines is 1. The third kappa shape index (κ3) is 4.43. The Bertz CT molecular complexity index is 765. The molecular formula is C18H23Br4N5. The van der Waals surface area contributed by atoms with E-state index >= 15 is 0 Å². The van der Waals surface area contributed by atoms with Crippen LogP contribution in [0.3, 0.4) is 0 Å². The first-order valence-corrected chi connectivity index (χ1v) is 12.6. The Morgan fingerprint density at radius 1 is 0.704 bits per heavy atom. The van der Waals surface area contributed by atoms with E-state index in [1.54, 1.807) is 0 Å². The van der Waals surface area contributed by atoms with E-state index in [0.29, 0.717) is 0 Å². The molecule has 9 heteroatoms. The van der Waals surface area contributed by atoms with Crippen LogP contribution >= 0.6 is 63.7 Å². The van der Waals surface area contributed by atoms with Gasteiger partial charge in [0.05, 0.1) is 14.5 Å². The van der Waals surface area contributed by atoms with Crippen molar-refractivity contribution in [2.24, 2.45) is 0 Å². The summed E-state index contributed by atoms with van der Waals surface area (Å²) in [5.74, 6) is 0.951. The maximum Gasteiger partial charge on any atom is 0.203 e. The number of piperazine rings is 1. The van der Waals surface area contributed by atoms with Gasteiger partial charge in [0.15, 0.2) is 0 Å². The molecule has 0 radical (unpaired) electrons. The number of hydrogen-bond acceptors (Lipinski definition) is 4. The molecule has 2 aliphatic heterocycles. The topological polar surface area (TPSA) is 38.4 Å². The third-order valence-corrected chi connectivity index (χ3v) is 10.3. The highest BCUT2D eigenvalue weighted by molar-refractivity contribution is 9.15. The van der Waals surface area contributed by atoms with E-state index in [1.807, 2.05) is 0 Å². The Kier molecular flexibility index (Phi) is 6.86. The quantitative estimate of drug-likeness (QED) is 0.372. The molecule has 0 saturated carbocycles. The van der Waals surface area contributed by atoms with Crippen LogP contribution in [-0.4, -0.2) is 72.1 Å². The molecule has 2 saturated heterocycles.